The number of benzene rings is 1. The Labute approximate surface area is 156 Å². The highest BCUT2D eigenvalue weighted by atomic mass is 32.2. The zero-order valence-corrected chi connectivity index (χ0v) is 16.4. The highest BCUT2D eigenvalue weighted by molar-refractivity contribution is 7.89. The van der Waals surface area contributed by atoms with Crippen molar-refractivity contribution in [1.82, 2.24) is 9.21 Å². The third-order valence-corrected chi connectivity index (χ3v) is 7.09. The first-order valence-electron chi connectivity index (χ1n) is 9.33. The third kappa shape index (κ3) is 4.10. The summed E-state index contributed by atoms with van der Waals surface area (Å²) in [5.74, 6) is 0.0701. The predicted molar refractivity (Wildman–Crippen MR) is 100 cm³/mol. The lowest BCUT2D eigenvalue weighted by molar-refractivity contribution is -0.134. The van der Waals surface area contributed by atoms with E-state index < -0.39 is 10.0 Å². The second-order valence-corrected chi connectivity index (χ2v) is 9.39. The topological polar surface area (TPSA) is 66.9 Å². The molecule has 1 unspecified atom stereocenters. The fourth-order valence-corrected chi connectivity index (χ4v) is 5.31. The molecule has 1 aromatic rings. The van der Waals surface area contributed by atoms with Crippen LogP contribution in [0.15, 0.2) is 24.3 Å². The van der Waals surface area contributed by atoms with Crippen molar-refractivity contribution in [3.05, 3.63) is 35.4 Å². The molecule has 2 aliphatic rings. The van der Waals surface area contributed by atoms with Crippen LogP contribution in [-0.2, 0) is 26.0 Å². The van der Waals surface area contributed by atoms with E-state index in [4.69, 9.17) is 4.74 Å². The number of carbonyl (C=O) groups excluding carboxylic acids is 1. The van der Waals surface area contributed by atoms with E-state index in [-0.39, 0.29) is 30.0 Å². The van der Waals surface area contributed by atoms with Gasteiger partial charge in [-0.05, 0) is 23.5 Å². The van der Waals surface area contributed by atoms with Crippen molar-refractivity contribution in [2.45, 2.75) is 32.7 Å². The number of hydrogen-bond donors (Lipinski definition) is 0. The summed E-state index contributed by atoms with van der Waals surface area (Å²) < 4.78 is 31.6. The smallest absolute Gasteiger partial charge is 0.224 e. The summed E-state index contributed by atoms with van der Waals surface area (Å²) in [6.45, 7) is 6.47. The molecule has 1 amide bonds. The molecule has 2 heterocycles. The molecule has 3 rings (SSSR count). The zero-order valence-electron chi connectivity index (χ0n) is 15.6. The van der Waals surface area contributed by atoms with Gasteiger partial charge >= 0.3 is 0 Å². The molecule has 0 saturated carbocycles. The maximum atomic E-state index is 12.9. The third-order valence-electron chi connectivity index (χ3n) is 5.22. The Morgan fingerprint density at radius 1 is 1.19 bits per heavy atom. The summed E-state index contributed by atoms with van der Waals surface area (Å²) in [6.07, 6.45) is 0.854. The molecular weight excluding hydrogens is 352 g/mol. The largest absolute Gasteiger partial charge is 0.379 e. The first kappa shape index (κ1) is 19.3. The highest BCUT2D eigenvalue weighted by Gasteiger charge is 2.33. The van der Waals surface area contributed by atoms with Crippen LogP contribution >= 0.6 is 0 Å². The van der Waals surface area contributed by atoms with Crippen LogP contribution in [0.3, 0.4) is 0 Å². The van der Waals surface area contributed by atoms with Crippen LogP contribution in [0.1, 0.15) is 37.4 Å². The summed E-state index contributed by atoms with van der Waals surface area (Å²) in [7, 11) is -3.41. The Balaban J connectivity index is 1.69. The molecule has 6 nitrogen and oxygen atoms in total. The molecule has 26 heavy (non-hydrogen) atoms. The lowest BCUT2D eigenvalue weighted by Gasteiger charge is -2.40. The van der Waals surface area contributed by atoms with E-state index in [2.05, 4.69) is 26.0 Å². The summed E-state index contributed by atoms with van der Waals surface area (Å²) in [5.41, 5.74) is 2.48. The van der Waals surface area contributed by atoms with Gasteiger partial charge in [0, 0.05) is 26.1 Å². The van der Waals surface area contributed by atoms with Gasteiger partial charge in [0.2, 0.25) is 15.9 Å². The van der Waals surface area contributed by atoms with Crippen LogP contribution in [-0.4, -0.2) is 62.1 Å². The molecule has 0 N–H and O–H groups in total. The fourth-order valence-electron chi connectivity index (χ4n) is 3.91. The fraction of sp³-hybridized carbons (Fsp3) is 0.632. The Morgan fingerprint density at radius 3 is 2.58 bits per heavy atom. The normalized spacial score (nSPS) is 21.7. The van der Waals surface area contributed by atoms with Crippen LogP contribution in [0.4, 0.5) is 0 Å². The van der Waals surface area contributed by atoms with Crippen LogP contribution < -0.4 is 0 Å². The van der Waals surface area contributed by atoms with E-state index in [0.717, 1.165) is 6.42 Å². The van der Waals surface area contributed by atoms with E-state index in [1.54, 1.807) is 0 Å². The first-order chi connectivity index (χ1) is 12.4. The number of ether oxygens (including phenoxy) is 1. The Bertz CT molecular complexity index is 742. The summed E-state index contributed by atoms with van der Waals surface area (Å²) >= 11 is 0. The van der Waals surface area contributed by atoms with Crippen molar-refractivity contribution >= 4 is 15.9 Å². The zero-order chi connectivity index (χ0) is 18.7. The number of hydrogen-bond acceptors (Lipinski definition) is 4. The van der Waals surface area contributed by atoms with Gasteiger partial charge in [-0.3, -0.25) is 4.79 Å². The van der Waals surface area contributed by atoms with Gasteiger partial charge < -0.3 is 9.64 Å². The lowest BCUT2D eigenvalue weighted by atomic mass is 9.86. The molecule has 0 radical (unpaired) electrons. The maximum absolute atomic E-state index is 12.9. The van der Waals surface area contributed by atoms with Gasteiger partial charge in [0.05, 0.1) is 25.0 Å². The molecule has 1 aromatic carbocycles. The van der Waals surface area contributed by atoms with Gasteiger partial charge in [-0.15, -0.1) is 0 Å². The molecule has 1 saturated heterocycles. The molecule has 7 heteroatoms. The first-order valence-corrected chi connectivity index (χ1v) is 10.9. The summed E-state index contributed by atoms with van der Waals surface area (Å²) in [5, 5.41) is 0. The molecular formula is C19H28N2O4S. The second kappa shape index (κ2) is 8.06. The second-order valence-electron chi connectivity index (χ2n) is 7.30. The van der Waals surface area contributed by atoms with Crippen LogP contribution in [0.25, 0.3) is 0 Å². The maximum Gasteiger partial charge on any atom is 0.224 e. The molecule has 1 fully saturated rings. The Morgan fingerprint density at radius 2 is 1.88 bits per heavy atom. The van der Waals surface area contributed by atoms with Crippen molar-refractivity contribution < 1.29 is 17.9 Å². The van der Waals surface area contributed by atoms with E-state index in [0.29, 0.717) is 32.8 Å². The molecule has 144 valence electrons. The van der Waals surface area contributed by atoms with Gasteiger partial charge in [-0.2, -0.15) is 4.31 Å². The van der Waals surface area contributed by atoms with E-state index >= 15 is 0 Å². The van der Waals surface area contributed by atoms with Crippen molar-refractivity contribution in [1.29, 1.82) is 0 Å². The van der Waals surface area contributed by atoms with E-state index in [1.165, 1.54) is 15.4 Å². The number of rotatable bonds is 5. The predicted octanol–water partition coefficient (Wildman–Crippen LogP) is 1.82. The van der Waals surface area contributed by atoms with Crippen LogP contribution in [0.2, 0.25) is 0 Å². The van der Waals surface area contributed by atoms with Crippen molar-refractivity contribution in [2.24, 2.45) is 5.92 Å². The average Bonchev–Trinajstić information content (AvgIpc) is 2.65. The van der Waals surface area contributed by atoms with Crippen LogP contribution in [0.5, 0.6) is 0 Å². The van der Waals surface area contributed by atoms with Gasteiger partial charge in [-0.1, -0.05) is 38.1 Å². The summed E-state index contributed by atoms with van der Waals surface area (Å²) in [4.78, 5) is 14.7. The van der Waals surface area contributed by atoms with E-state index in [9.17, 15) is 13.2 Å². The number of nitrogens with zero attached hydrogens (tertiary/aromatic N) is 2. The quantitative estimate of drug-likeness (QED) is 0.782. The number of morpholine rings is 1. The van der Waals surface area contributed by atoms with Gasteiger partial charge in [0.15, 0.2) is 0 Å². The van der Waals surface area contributed by atoms with Crippen molar-refractivity contribution in [2.75, 3.05) is 38.6 Å². The lowest BCUT2D eigenvalue weighted by Crippen LogP contribution is -2.45. The van der Waals surface area contributed by atoms with Gasteiger partial charge in [0.25, 0.3) is 0 Å². The average molecular weight is 381 g/mol. The number of sulfonamides is 1. The Hall–Kier alpha value is -1.44. The SMILES string of the molecule is CC(C)C1c2ccccc2CCN1C(=O)CCS(=O)(=O)N1CCOCC1. The number of carbonyl (C=O) groups is 1. The summed E-state index contributed by atoms with van der Waals surface area (Å²) in [6, 6.07) is 8.26. The minimum absolute atomic E-state index is 0.0125. The Kier molecular flexibility index (Phi) is 5.99. The highest BCUT2D eigenvalue weighted by Crippen LogP contribution is 2.35. The number of fused-ring (bicyclic) bond motifs is 1. The number of amides is 1. The van der Waals surface area contributed by atoms with Gasteiger partial charge in [0.1, 0.15) is 0 Å². The van der Waals surface area contributed by atoms with Crippen LogP contribution in [0, 0.1) is 5.92 Å². The van der Waals surface area contributed by atoms with Gasteiger partial charge in [-0.25, -0.2) is 8.42 Å². The molecule has 0 aliphatic carbocycles. The molecule has 0 spiro atoms. The monoisotopic (exact) mass is 380 g/mol. The standard InChI is InChI=1S/C19H28N2O4S/c1-15(2)19-17-6-4-3-5-16(17)7-9-21(19)18(22)8-14-26(23,24)20-10-12-25-13-11-20/h3-6,15,19H,7-14H2,1-2H3. The minimum Gasteiger partial charge on any atom is -0.379 e. The molecule has 1 atom stereocenters. The molecule has 0 bridgehead atoms. The van der Waals surface area contributed by atoms with Crippen molar-refractivity contribution in [3.63, 3.8) is 0 Å². The van der Waals surface area contributed by atoms with Crippen molar-refractivity contribution in [3.8, 4) is 0 Å². The molecule has 0 aromatic heterocycles. The molecule has 2 aliphatic heterocycles. The van der Waals surface area contributed by atoms with E-state index in [1.807, 2.05) is 17.0 Å². The minimum atomic E-state index is -3.41.